The zero-order valence-corrected chi connectivity index (χ0v) is 34.7. The van der Waals surface area contributed by atoms with Crippen LogP contribution in [0.5, 0.6) is 0 Å². The molecule has 3 aliphatic heterocycles. The minimum absolute atomic E-state index is 0.306. The Kier molecular flexibility index (Phi) is 16.0. The number of hydrogen-bond donors (Lipinski definition) is 9. The molecule has 58 heavy (non-hydrogen) atoms. The fourth-order valence-electron chi connectivity index (χ4n) is 7.84. The van der Waals surface area contributed by atoms with Crippen LogP contribution in [0.2, 0.25) is 5.04 Å². The molecule has 0 bridgehead atoms. The summed E-state index contributed by atoms with van der Waals surface area (Å²) < 4.78 is 43.4. The molecule has 5 rings (SSSR count). The predicted octanol–water partition coefficient (Wildman–Crippen LogP) is -2.02. The molecule has 0 radical (unpaired) electrons. The largest absolute Gasteiger partial charge is 0.405 e. The molecule has 3 aliphatic rings. The number of ether oxygens (including phenoxy) is 6. The molecule has 2 aromatic rings. The van der Waals surface area contributed by atoms with Gasteiger partial charge in [0.2, 0.25) is 5.91 Å². The molecular weight excluding hydrogens is 779 g/mol. The monoisotopic (exact) mass is 839 g/mol. The first-order valence-corrected chi connectivity index (χ1v) is 21.6. The second kappa shape index (κ2) is 19.9. The summed E-state index contributed by atoms with van der Waals surface area (Å²) in [5.74, 6) is -0.629. The molecule has 1 amide bonds. The van der Waals surface area contributed by atoms with Crippen LogP contribution in [-0.4, -0.2) is 173 Å². The molecule has 0 aliphatic carbocycles. The molecule has 326 valence electrons. The molecule has 3 fully saturated rings. The smallest absolute Gasteiger partial charge is 0.261 e. The number of aliphatic hydroxyl groups is 8. The third kappa shape index (κ3) is 9.84. The van der Waals surface area contributed by atoms with Crippen LogP contribution in [0.3, 0.4) is 0 Å². The molecule has 18 heteroatoms. The predicted molar refractivity (Wildman–Crippen MR) is 208 cm³/mol. The van der Waals surface area contributed by atoms with E-state index in [4.69, 9.17) is 32.8 Å². The molecular formula is C40H61NO16Si. The minimum Gasteiger partial charge on any atom is -0.405 e. The lowest BCUT2D eigenvalue weighted by atomic mass is 9.94. The second-order valence-electron chi connectivity index (χ2n) is 16.2. The van der Waals surface area contributed by atoms with E-state index in [1.165, 1.54) is 6.92 Å². The highest BCUT2D eigenvalue weighted by Crippen LogP contribution is 2.39. The summed E-state index contributed by atoms with van der Waals surface area (Å²) in [7, 11) is -3.31. The molecule has 17 nitrogen and oxygen atoms in total. The van der Waals surface area contributed by atoms with Crippen molar-refractivity contribution in [3.05, 3.63) is 60.7 Å². The molecule has 3 heterocycles. The topological polar surface area (TPSA) is 256 Å². The SMILES string of the molecule is CC[C@@H](C)O[C@@H]1O[C@H](CO)[C@@H](O[C@H]2O[C@H](CO[Si](c3ccccc3)(c3ccccc3)C(C)(C)C)[C@@H](O[C@@H]3O[C@H](CO)[C@@H](O)[C@H](O)[C@H]3O)[C@H](O)[C@H]2NC(C)=O)[C@H](O)[C@H]1O. The van der Waals surface area contributed by atoms with Crippen LogP contribution in [-0.2, 0) is 37.6 Å². The Morgan fingerprint density at radius 3 is 1.72 bits per heavy atom. The van der Waals surface area contributed by atoms with E-state index in [1.54, 1.807) is 6.92 Å². The van der Waals surface area contributed by atoms with Gasteiger partial charge in [0, 0.05) is 6.92 Å². The Morgan fingerprint density at radius 2 is 1.21 bits per heavy atom. The maximum absolute atomic E-state index is 12.7. The van der Waals surface area contributed by atoms with E-state index in [-0.39, 0.29) is 12.7 Å². The van der Waals surface area contributed by atoms with Crippen LogP contribution in [0.4, 0.5) is 0 Å². The summed E-state index contributed by atoms with van der Waals surface area (Å²) in [6.07, 6.45) is -21.8. The van der Waals surface area contributed by atoms with E-state index in [1.807, 2.05) is 67.6 Å². The fraction of sp³-hybridized carbons (Fsp3) is 0.675. The van der Waals surface area contributed by atoms with Crippen molar-refractivity contribution in [1.82, 2.24) is 5.32 Å². The van der Waals surface area contributed by atoms with Crippen LogP contribution in [0, 0.1) is 0 Å². The maximum Gasteiger partial charge on any atom is 0.261 e. The van der Waals surface area contributed by atoms with Crippen LogP contribution in [0.1, 0.15) is 48.0 Å². The lowest BCUT2D eigenvalue weighted by Gasteiger charge is -2.50. The number of hydrogen-bond acceptors (Lipinski definition) is 16. The van der Waals surface area contributed by atoms with E-state index in [0.717, 1.165) is 10.4 Å². The maximum atomic E-state index is 12.7. The molecule has 16 atom stereocenters. The molecule has 3 saturated heterocycles. The highest BCUT2D eigenvalue weighted by molar-refractivity contribution is 6.99. The van der Waals surface area contributed by atoms with Gasteiger partial charge in [-0.05, 0) is 28.8 Å². The van der Waals surface area contributed by atoms with Crippen molar-refractivity contribution < 1.29 is 78.5 Å². The summed E-state index contributed by atoms with van der Waals surface area (Å²) in [6.45, 7) is 9.24. The Morgan fingerprint density at radius 1 is 0.707 bits per heavy atom. The number of benzene rings is 2. The van der Waals surface area contributed by atoms with Gasteiger partial charge in [-0.1, -0.05) is 88.4 Å². The lowest BCUT2D eigenvalue weighted by molar-refractivity contribution is -0.368. The van der Waals surface area contributed by atoms with E-state index < -0.39 is 125 Å². The number of nitrogens with one attached hydrogen (secondary N) is 1. The van der Waals surface area contributed by atoms with Gasteiger partial charge in [-0.3, -0.25) is 4.79 Å². The Bertz CT molecular complexity index is 1530. The average Bonchev–Trinajstić information content (AvgIpc) is 3.20. The summed E-state index contributed by atoms with van der Waals surface area (Å²) in [5.41, 5.74) is 0. The minimum atomic E-state index is -3.31. The first kappa shape index (κ1) is 46.6. The summed E-state index contributed by atoms with van der Waals surface area (Å²) in [5, 5.41) is 90.8. The van der Waals surface area contributed by atoms with Gasteiger partial charge >= 0.3 is 0 Å². The molecule has 2 aromatic carbocycles. The highest BCUT2D eigenvalue weighted by atomic mass is 28.4. The van der Waals surface area contributed by atoms with Crippen molar-refractivity contribution in [1.29, 1.82) is 0 Å². The third-order valence-electron chi connectivity index (χ3n) is 11.1. The first-order chi connectivity index (χ1) is 27.5. The van der Waals surface area contributed by atoms with E-state index in [0.29, 0.717) is 6.42 Å². The van der Waals surface area contributed by atoms with Gasteiger partial charge in [0.15, 0.2) is 18.9 Å². The van der Waals surface area contributed by atoms with E-state index in [2.05, 4.69) is 26.1 Å². The van der Waals surface area contributed by atoms with Gasteiger partial charge < -0.3 is 79.0 Å². The summed E-state index contributed by atoms with van der Waals surface area (Å²) in [4.78, 5) is 12.7. The number of amides is 1. The Hall–Kier alpha value is -2.47. The van der Waals surface area contributed by atoms with Gasteiger partial charge in [-0.25, -0.2) is 0 Å². The lowest BCUT2D eigenvalue weighted by Crippen LogP contribution is -2.71. The molecule has 0 saturated carbocycles. The Labute approximate surface area is 339 Å². The van der Waals surface area contributed by atoms with Gasteiger partial charge in [-0.2, -0.15) is 0 Å². The summed E-state index contributed by atoms with van der Waals surface area (Å²) >= 11 is 0. The van der Waals surface area contributed by atoms with Crippen LogP contribution in [0.25, 0.3) is 0 Å². The normalized spacial score (nSPS) is 36.6. The standard InChI is InChI=1S/C40H61NO16Si/c1-7-21(2)52-38-34(50)32(48)35(26(19-43)54-38)56-37-28(41-22(3)44)30(46)36(57-39-33(49)31(47)29(45)25(18-42)53-39)27(55-37)20-51-58(40(4,5)6,23-14-10-8-11-15-23)24-16-12-9-13-17-24/h8-17,21,25-39,42-43,45-50H,7,18-20H2,1-6H3,(H,41,44)/t21-,25-,26-,27-,28-,29-,30-,31+,32-,33-,34-,35-,36-,37-,38-,39+/m1/s1. The second-order valence-corrected chi connectivity index (χ2v) is 20.5. The van der Waals surface area contributed by atoms with Gasteiger partial charge in [0.1, 0.15) is 73.2 Å². The number of aliphatic hydroxyl groups excluding tert-OH is 8. The zero-order valence-electron chi connectivity index (χ0n) is 33.7. The van der Waals surface area contributed by atoms with Crippen LogP contribution in [0.15, 0.2) is 60.7 Å². The molecule has 0 spiro atoms. The first-order valence-electron chi connectivity index (χ1n) is 19.7. The highest BCUT2D eigenvalue weighted by Gasteiger charge is 2.56. The van der Waals surface area contributed by atoms with Crippen molar-refractivity contribution in [2.24, 2.45) is 0 Å². The van der Waals surface area contributed by atoms with E-state index >= 15 is 0 Å². The number of carbonyl (C=O) groups excluding carboxylic acids is 1. The van der Waals surface area contributed by atoms with Crippen molar-refractivity contribution in [2.75, 3.05) is 19.8 Å². The van der Waals surface area contributed by atoms with Crippen LogP contribution >= 0.6 is 0 Å². The molecule has 0 unspecified atom stereocenters. The van der Waals surface area contributed by atoms with E-state index in [9.17, 15) is 45.6 Å². The van der Waals surface area contributed by atoms with Gasteiger partial charge in [-0.15, -0.1) is 0 Å². The van der Waals surface area contributed by atoms with Crippen molar-refractivity contribution >= 4 is 24.6 Å². The van der Waals surface area contributed by atoms with Crippen molar-refractivity contribution in [2.45, 2.75) is 151 Å². The summed E-state index contributed by atoms with van der Waals surface area (Å²) in [6, 6.07) is 17.9. The van der Waals surface area contributed by atoms with Crippen LogP contribution < -0.4 is 15.7 Å². The number of carbonyl (C=O) groups is 1. The number of rotatable bonds is 15. The third-order valence-corrected chi connectivity index (χ3v) is 16.1. The molecule has 9 N–H and O–H groups in total. The van der Waals surface area contributed by atoms with Crippen molar-refractivity contribution in [3.8, 4) is 0 Å². The fourth-order valence-corrected chi connectivity index (χ4v) is 12.4. The van der Waals surface area contributed by atoms with Gasteiger partial charge in [0.05, 0.1) is 25.9 Å². The quantitative estimate of drug-likeness (QED) is 0.0878. The molecule has 0 aromatic heterocycles. The van der Waals surface area contributed by atoms with Gasteiger partial charge in [0.25, 0.3) is 8.32 Å². The van der Waals surface area contributed by atoms with Crippen molar-refractivity contribution in [3.63, 3.8) is 0 Å². The Balaban J connectivity index is 1.56. The zero-order chi connectivity index (χ0) is 42.5. The average molecular weight is 840 g/mol.